The van der Waals surface area contributed by atoms with Crippen LogP contribution in [-0.2, 0) is 6.42 Å². The van der Waals surface area contributed by atoms with Gasteiger partial charge in [-0.1, -0.05) is 0 Å². The Morgan fingerprint density at radius 3 is 3.27 bits per heavy atom. The minimum absolute atomic E-state index is 0.330. The lowest BCUT2D eigenvalue weighted by Crippen LogP contribution is -2.12. The van der Waals surface area contributed by atoms with Crippen LogP contribution in [0.2, 0.25) is 0 Å². The molecule has 1 aliphatic heterocycles. The number of nitrogens with one attached hydrogen (secondary N) is 1. The van der Waals surface area contributed by atoms with Crippen LogP contribution >= 0.6 is 0 Å². The molecule has 4 heteroatoms. The predicted octanol–water partition coefficient (Wildman–Crippen LogP) is 0.0132. The lowest BCUT2D eigenvalue weighted by Gasteiger charge is -1.97. The van der Waals surface area contributed by atoms with Gasteiger partial charge in [0.15, 0.2) is 0 Å². The maximum absolute atomic E-state index is 10.8. The highest BCUT2D eigenvalue weighted by Gasteiger charge is 2.16. The zero-order valence-corrected chi connectivity index (χ0v) is 6.18. The van der Waals surface area contributed by atoms with Gasteiger partial charge < -0.3 is 9.72 Å². The van der Waals surface area contributed by atoms with Crippen molar-refractivity contribution in [2.45, 2.75) is 13.3 Å². The number of fused-ring (bicyclic) bond motifs is 1. The molecule has 1 N–H and O–H groups in total. The number of ether oxygens (including phenoxy) is 1. The molecule has 0 fully saturated rings. The van der Waals surface area contributed by atoms with Gasteiger partial charge in [-0.2, -0.15) is 4.98 Å². The van der Waals surface area contributed by atoms with E-state index in [2.05, 4.69) is 9.97 Å². The van der Waals surface area contributed by atoms with Gasteiger partial charge in [-0.15, -0.1) is 0 Å². The van der Waals surface area contributed by atoms with Gasteiger partial charge >= 0.3 is 5.69 Å². The van der Waals surface area contributed by atoms with Crippen LogP contribution in [0.4, 0.5) is 0 Å². The second-order valence-electron chi connectivity index (χ2n) is 2.55. The molecule has 1 aliphatic rings. The number of nitrogens with zero attached hydrogens (tertiary/aromatic N) is 1. The maximum atomic E-state index is 10.8. The van der Waals surface area contributed by atoms with E-state index in [4.69, 9.17) is 4.74 Å². The number of aryl methyl sites for hydroxylation is 1. The van der Waals surface area contributed by atoms with Gasteiger partial charge in [0.1, 0.15) is 0 Å². The first-order valence-corrected chi connectivity index (χ1v) is 3.50. The van der Waals surface area contributed by atoms with Crippen molar-refractivity contribution in [1.29, 1.82) is 0 Å². The number of rotatable bonds is 0. The second-order valence-corrected chi connectivity index (χ2v) is 2.55. The van der Waals surface area contributed by atoms with E-state index in [0.29, 0.717) is 12.5 Å². The van der Waals surface area contributed by atoms with Gasteiger partial charge in [0.2, 0.25) is 5.88 Å². The van der Waals surface area contributed by atoms with Gasteiger partial charge in [-0.25, -0.2) is 4.79 Å². The Balaban J connectivity index is 2.70. The topological polar surface area (TPSA) is 55.0 Å². The Morgan fingerprint density at radius 2 is 2.45 bits per heavy atom. The fraction of sp³-hybridized carbons (Fsp3) is 0.429. The summed E-state index contributed by atoms with van der Waals surface area (Å²) in [6.45, 7) is 2.50. The van der Waals surface area contributed by atoms with Gasteiger partial charge in [-0.3, -0.25) is 0 Å². The van der Waals surface area contributed by atoms with Crippen molar-refractivity contribution < 1.29 is 4.74 Å². The van der Waals surface area contributed by atoms with Crippen molar-refractivity contribution in [3.8, 4) is 5.88 Å². The Bertz CT molecular complexity index is 343. The molecule has 0 bridgehead atoms. The molecule has 0 saturated carbocycles. The number of aromatic nitrogens is 2. The number of aromatic amines is 1. The Hall–Kier alpha value is -1.32. The summed E-state index contributed by atoms with van der Waals surface area (Å²) in [5, 5.41) is 0. The van der Waals surface area contributed by atoms with Crippen LogP contribution in [0.15, 0.2) is 4.79 Å². The highest BCUT2D eigenvalue weighted by atomic mass is 16.5. The third-order valence-corrected chi connectivity index (χ3v) is 1.80. The zero-order chi connectivity index (χ0) is 7.84. The van der Waals surface area contributed by atoms with E-state index < -0.39 is 0 Å². The molecule has 4 nitrogen and oxygen atoms in total. The standard InChI is InChI=1S/C7H8N2O2/c1-4-5-2-3-11-6(5)9-7(10)8-4/h2-3H2,1H3,(H,8,9,10). The highest BCUT2D eigenvalue weighted by Crippen LogP contribution is 2.21. The molecule has 0 aromatic carbocycles. The SMILES string of the molecule is Cc1[nH]c(=O)nc2c1CCO2. The Morgan fingerprint density at radius 1 is 1.64 bits per heavy atom. The molecule has 1 aromatic heterocycles. The molecule has 0 radical (unpaired) electrons. The first kappa shape index (κ1) is 6.39. The fourth-order valence-corrected chi connectivity index (χ4v) is 1.25. The minimum atomic E-state index is -0.330. The predicted molar refractivity (Wildman–Crippen MR) is 38.8 cm³/mol. The largest absolute Gasteiger partial charge is 0.477 e. The second kappa shape index (κ2) is 2.08. The van der Waals surface area contributed by atoms with Crippen molar-refractivity contribution in [3.63, 3.8) is 0 Å². The molecule has 0 aliphatic carbocycles. The molecule has 0 saturated heterocycles. The van der Waals surface area contributed by atoms with Crippen LogP contribution in [0, 0.1) is 6.92 Å². The summed E-state index contributed by atoms with van der Waals surface area (Å²) < 4.78 is 5.13. The highest BCUT2D eigenvalue weighted by molar-refractivity contribution is 5.31. The minimum Gasteiger partial charge on any atom is -0.477 e. The van der Waals surface area contributed by atoms with Gasteiger partial charge in [0.25, 0.3) is 0 Å². The molecule has 1 aromatic rings. The summed E-state index contributed by atoms with van der Waals surface area (Å²) in [5.41, 5.74) is 1.57. The first-order valence-electron chi connectivity index (χ1n) is 3.50. The van der Waals surface area contributed by atoms with E-state index in [1.54, 1.807) is 0 Å². The van der Waals surface area contributed by atoms with E-state index in [1.807, 2.05) is 6.92 Å². The number of H-pyrrole nitrogens is 1. The van der Waals surface area contributed by atoms with Gasteiger partial charge in [0.05, 0.1) is 6.61 Å². The van der Waals surface area contributed by atoms with E-state index in [0.717, 1.165) is 17.7 Å². The smallest absolute Gasteiger partial charge is 0.348 e. The summed E-state index contributed by atoms with van der Waals surface area (Å²) in [6.07, 6.45) is 0.852. The van der Waals surface area contributed by atoms with Crippen LogP contribution < -0.4 is 10.4 Å². The van der Waals surface area contributed by atoms with Crippen molar-refractivity contribution >= 4 is 0 Å². The third-order valence-electron chi connectivity index (χ3n) is 1.80. The summed E-state index contributed by atoms with van der Waals surface area (Å²) in [5.74, 6) is 0.506. The van der Waals surface area contributed by atoms with Crippen molar-refractivity contribution in [2.24, 2.45) is 0 Å². The molecular weight excluding hydrogens is 144 g/mol. The van der Waals surface area contributed by atoms with E-state index in [9.17, 15) is 4.79 Å². The molecule has 0 atom stereocenters. The molecule has 2 heterocycles. The Kier molecular flexibility index (Phi) is 1.21. The molecule has 58 valence electrons. The number of hydrogen-bond donors (Lipinski definition) is 1. The average molecular weight is 152 g/mol. The van der Waals surface area contributed by atoms with Crippen molar-refractivity contribution in [2.75, 3.05) is 6.61 Å². The first-order chi connectivity index (χ1) is 5.27. The van der Waals surface area contributed by atoms with Crippen LogP contribution in [0.1, 0.15) is 11.3 Å². The quantitative estimate of drug-likeness (QED) is 0.570. The molecular formula is C7H8N2O2. The van der Waals surface area contributed by atoms with E-state index >= 15 is 0 Å². The molecule has 2 rings (SSSR count). The third kappa shape index (κ3) is 0.906. The summed E-state index contributed by atoms with van der Waals surface area (Å²) in [6, 6.07) is 0. The fourth-order valence-electron chi connectivity index (χ4n) is 1.25. The maximum Gasteiger partial charge on any atom is 0.348 e. The zero-order valence-electron chi connectivity index (χ0n) is 6.18. The van der Waals surface area contributed by atoms with E-state index in [-0.39, 0.29) is 5.69 Å². The Labute approximate surface area is 63.2 Å². The molecule has 0 unspecified atom stereocenters. The lowest BCUT2D eigenvalue weighted by molar-refractivity contribution is 0.343. The molecule has 0 amide bonds. The van der Waals surface area contributed by atoms with Crippen LogP contribution in [0.5, 0.6) is 5.88 Å². The van der Waals surface area contributed by atoms with Gasteiger partial charge in [0, 0.05) is 17.7 Å². The average Bonchev–Trinajstić information content (AvgIpc) is 2.34. The van der Waals surface area contributed by atoms with Crippen molar-refractivity contribution in [3.05, 3.63) is 21.7 Å². The normalized spacial score (nSPS) is 14.3. The summed E-state index contributed by atoms with van der Waals surface area (Å²) in [7, 11) is 0. The van der Waals surface area contributed by atoms with E-state index in [1.165, 1.54) is 0 Å². The van der Waals surface area contributed by atoms with Crippen LogP contribution in [0.25, 0.3) is 0 Å². The molecule has 0 spiro atoms. The monoisotopic (exact) mass is 152 g/mol. The lowest BCUT2D eigenvalue weighted by atomic mass is 10.2. The van der Waals surface area contributed by atoms with Crippen LogP contribution in [-0.4, -0.2) is 16.6 Å². The van der Waals surface area contributed by atoms with Crippen LogP contribution in [0.3, 0.4) is 0 Å². The summed E-state index contributed by atoms with van der Waals surface area (Å²) in [4.78, 5) is 17.1. The number of hydrogen-bond acceptors (Lipinski definition) is 3. The van der Waals surface area contributed by atoms with Crippen molar-refractivity contribution in [1.82, 2.24) is 9.97 Å². The molecule has 11 heavy (non-hydrogen) atoms. The summed E-state index contributed by atoms with van der Waals surface area (Å²) >= 11 is 0. The van der Waals surface area contributed by atoms with Gasteiger partial charge in [-0.05, 0) is 6.92 Å².